The fourth-order valence-electron chi connectivity index (χ4n) is 2.87. The number of carbonyl (C=O) groups excluding carboxylic acids is 2. The molecule has 0 unspecified atom stereocenters. The normalized spacial score (nSPS) is 14.7. The standard InChI is InChI=1S/C20H25N3O4/c1-3-4-7-12-23-19(25)16-9-6-5-8-15(16)17(22-23)20(26)27-13(2)18(24)21-14-10-11-14/h5-6,8-9,13-14H,3-4,7,10-12H2,1-2H3,(H,21,24)/t13-/m0/s1. The van der Waals surface area contributed by atoms with Gasteiger partial charge in [0.1, 0.15) is 0 Å². The van der Waals surface area contributed by atoms with Crippen molar-refractivity contribution in [2.75, 3.05) is 0 Å². The summed E-state index contributed by atoms with van der Waals surface area (Å²) in [5, 5.41) is 7.93. The lowest BCUT2D eigenvalue weighted by Gasteiger charge is -2.14. The fraction of sp³-hybridized carbons (Fsp3) is 0.500. The third-order valence-electron chi connectivity index (χ3n) is 4.61. The lowest BCUT2D eigenvalue weighted by Crippen LogP contribution is -2.37. The highest BCUT2D eigenvalue weighted by Crippen LogP contribution is 2.19. The number of amides is 1. The van der Waals surface area contributed by atoms with Crippen molar-refractivity contribution < 1.29 is 14.3 Å². The number of nitrogens with zero attached hydrogens (tertiary/aromatic N) is 2. The molecule has 1 atom stereocenters. The topological polar surface area (TPSA) is 90.3 Å². The molecule has 144 valence electrons. The van der Waals surface area contributed by atoms with Gasteiger partial charge in [-0.15, -0.1) is 0 Å². The van der Waals surface area contributed by atoms with Crippen LogP contribution < -0.4 is 10.9 Å². The smallest absolute Gasteiger partial charge is 0.360 e. The van der Waals surface area contributed by atoms with E-state index in [-0.39, 0.29) is 23.2 Å². The minimum Gasteiger partial charge on any atom is -0.448 e. The molecule has 3 rings (SSSR count). The summed E-state index contributed by atoms with van der Waals surface area (Å²) in [4.78, 5) is 37.4. The second-order valence-corrected chi connectivity index (χ2v) is 6.96. The van der Waals surface area contributed by atoms with Crippen molar-refractivity contribution in [2.24, 2.45) is 0 Å². The Bertz CT molecular complexity index is 902. The summed E-state index contributed by atoms with van der Waals surface area (Å²) in [6, 6.07) is 7.03. The molecule has 27 heavy (non-hydrogen) atoms. The molecule has 7 heteroatoms. The molecule has 1 amide bonds. The number of carbonyl (C=O) groups is 2. The molecule has 1 aliphatic carbocycles. The van der Waals surface area contributed by atoms with E-state index in [9.17, 15) is 14.4 Å². The lowest BCUT2D eigenvalue weighted by atomic mass is 10.1. The number of benzene rings is 1. The number of aryl methyl sites for hydroxylation is 1. The van der Waals surface area contributed by atoms with Gasteiger partial charge in [-0.1, -0.05) is 38.0 Å². The van der Waals surface area contributed by atoms with Gasteiger partial charge in [-0.05, 0) is 32.3 Å². The Hall–Kier alpha value is -2.70. The molecule has 0 spiro atoms. The number of unbranched alkanes of at least 4 members (excludes halogenated alkanes) is 2. The van der Waals surface area contributed by atoms with Gasteiger partial charge in [0.05, 0.1) is 5.39 Å². The first-order chi connectivity index (χ1) is 13.0. The Kier molecular flexibility index (Phi) is 5.88. The van der Waals surface area contributed by atoms with Crippen LogP contribution in [0.3, 0.4) is 0 Å². The molecule has 1 aromatic heterocycles. The van der Waals surface area contributed by atoms with Crippen LogP contribution in [-0.4, -0.2) is 33.8 Å². The van der Waals surface area contributed by atoms with E-state index in [2.05, 4.69) is 17.3 Å². The minimum atomic E-state index is -0.917. The van der Waals surface area contributed by atoms with Crippen molar-refractivity contribution >= 4 is 22.6 Å². The van der Waals surface area contributed by atoms with Crippen LogP contribution in [0.5, 0.6) is 0 Å². The van der Waals surface area contributed by atoms with E-state index >= 15 is 0 Å². The maximum Gasteiger partial charge on any atom is 0.360 e. The second kappa shape index (κ2) is 8.33. The van der Waals surface area contributed by atoms with Crippen molar-refractivity contribution in [3.8, 4) is 0 Å². The van der Waals surface area contributed by atoms with Crippen LogP contribution in [0.4, 0.5) is 0 Å². The van der Waals surface area contributed by atoms with Crippen LogP contribution in [0.1, 0.15) is 56.4 Å². The number of rotatable bonds is 8. The molecule has 1 heterocycles. The molecule has 0 bridgehead atoms. The van der Waals surface area contributed by atoms with Gasteiger partial charge in [0, 0.05) is 18.0 Å². The zero-order valence-electron chi connectivity index (χ0n) is 15.7. The number of aromatic nitrogens is 2. The van der Waals surface area contributed by atoms with E-state index in [0.29, 0.717) is 17.3 Å². The van der Waals surface area contributed by atoms with Crippen LogP contribution >= 0.6 is 0 Å². The van der Waals surface area contributed by atoms with Gasteiger partial charge in [0.15, 0.2) is 11.8 Å². The number of hydrogen-bond acceptors (Lipinski definition) is 5. The molecule has 7 nitrogen and oxygen atoms in total. The summed E-state index contributed by atoms with van der Waals surface area (Å²) in [5.74, 6) is -1.01. The van der Waals surface area contributed by atoms with Crippen molar-refractivity contribution in [3.63, 3.8) is 0 Å². The molecular formula is C20H25N3O4. The summed E-state index contributed by atoms with van der Waals surface area (Å²) in [7, 11) is 0. The molecule has 0 aliphatic heterocycles. The Morgan fingerprint density at radius 1 is 1.26 bits per heavy atom. The highest BCUT2D eigenvalue weighted by Gasteiger charge is 2.28. The monoisotopic (exact) mass is 371 g/mol. The highest BCUT2D eigenvalue weighted by molar-refractivity contribution is 6.02. The van der Waals surface area contributed by atoms with Crippen molar-refractivity contribution in [3.05, 3.63) is 40.3 Å². The van der Waals surface area contributed by atoms with Crippen LogP contribution in [0.2, 0.25) is 0 Å². The van der Waals surface area contributed by atoms with Gasteiger partial charge >= 0.3 is 5.97 Å². The third kappa shape index (κ3) is 4.53. The van der Waals surface area contributed by atoms with E-state index in [1.54, 1.807) is 24.3 Å². The number of esters is 1. The first-order valence-electron chi connectivity index (χ1n) is 9.52. The molecular weight excluding hydrogens is 346 g/mol. The van der Waals surface area contributed by atoms with Crippen LogP contribution in [-0.2, 0) is 16.1 Å². The quantitative estimate of drug-likeness (QED) is 0.568. The van der Waals surface area contributed by atoms with Crippen LogP contribution in [0.25, 0.3) is 10.8 Å². The number of hydrogen-bond donors (Lipinski definition) is 1. The summed E-state index contributed by atoms with van der Waals surface area (Å²) in [5.41, 5.74) is -0.162. The summed E-state index contributed by atoms with van der Waals surface area (Å²) in [6.45, 7) is 4.05. The SMILES string of the molecule is CCCCCn1nc(C(=O)O[C@@H](C)C(=O)NC2CC2)c2ccccc2c1=O. The van der Waals surface area contributed by atoms with E-state index in [0.717, 1.165) is 32.1 Å². The summed E-state index contributed by atoms with van der Waals surface area (Å²) >= 11 is 0. The van der Waals surface area contributed by atoms with Gasteiger partial charge in [-0.25, -0.2) is 9.48 Å². The maximum atomic E-state index is 12.7. The van der Waals surface area contributed by atoms with E-state index in [1.165, 1.54) is 11.6 Å². The number of fused-ring (bicyclic) bond motifs is 1. The molecule has 1 fully saturated rings. The summed E-state index contributed by atoms with van der Waals surface area (Å²) < 4.78 is 6.65. The highest BCUT2D eigenvalue weighted by atomic mass is 16.5. The van der Waals surface area contributed by atoms with Crippen molar-refractivity contribution in [1.82, 2.24) is 15.1 Å². The molecule has 1 aliphatic rings. The van der Waals surface area contributed by atoms with E-state index < -0.39 is 12.1 Å². The predicted octanol–water partition coefficient (Wildman–Crippen LogP) is 2.41. The van der Waals surface area contributed by atoms with Crippen LogP contribution in [0, 0.1) is 0 Å². The van der Waals surface area contributed by atoms with E-state index in [4.69, 9.17) is 4.74 Å². The Morgan fingerprint density at radius 3 is 2.63 bits per heavy atom. The van der Waals surface area contributed by atoms with Crippen LogP contribution in [0.15, 0.2) is 29.1 Å². The minimum absolute atomic E-state index is 0.0628. The Morgan fingerprint density at radius 2 is 1.96 bits per heavy atom. The molecule has 1 aromatic carbocycles. The first-order valence-corrected chi connectivity index (χ1v) is 9.52. The largest absolute Gasteiger partial charge is 0.448 e. The van der Waals surface area contributed by atoms with Crippen molar-refractivity contribution in [2.45, 2.75) is 64.6 Å². The second-order valence-electron chi connectivity index (χ2n) is 6.96. The third-order valence-corrected chi connectivity index (χ3v) is 4.61. The van der Waals surface area contributed by atoms with E-state index in [1.807, 2.05) is 0 Å². The zero-order valence-corrected chi connectivity index (χ0v) is 15.7. The maximum absolute atomic E-state index is 12.7. The lowest BCUT2D eigenvalue weighted by molar-refractivity contribution is -0.129. The van der Waals surface area contributed by atoms with Crippen molar-refractivity contribution in [1.29, 1.82) is 0 Å². The van der Waals surface area contributed by atoms with Gasteiger partial charge in [0.2, 0.25) is 0 Å². The molecule has 1 N–H and O–H groups in total. The van der Waals surface area contributed by atoms with Gasteiger partial charge in [-0.3, -0.25) is 9.59 Å². The average molecular weight is 371 g/mol. The predicted molar refractivity (Wildman–Crippen MR) is 102 cm³/mol. The molecule has 0 radical (unpaired) electrons. The molecule has 2 aromatic rings. The number of ether oxygens (including phenoxy) is 1. The first kappa shape index (κ1) is 19.1. The molecule has 1 saturated carbocycles. The van der Waals surface area contributed by atoms with Gasteiger partial charge < -0.3 is 10.1 Å². The Balaban J connectivity index is 1.86. The summed E-state index contributed by atoms with van der Waals surface area (Å²) in [6.07, 6.45) is 3.79. The molecule has 0 saturated heterocycles. The fourth-order valence-corrected chi connectivity index (χ4v) is 2.87. The number of nitrogens with one attached hydrogen (secondary N) is 1. The van der Waals surface area contributed by atoms with Gasteiger partial charge in [0.25, 0.3) is 11.5 Å². The Labute approximate surface area is 157 Å². The van der Waals surface area contributed by atoms with Gasteiger partial charge in [-0.2, -0.15) is 5.10 Å². The average Bonchev–Trinajstić information content (AvgIpc) is 3.47. The zero-order chi connectivity index (χ0) is 19.4.